The summed E-state index contributed by atoms with van der Waals surface area (Å²) in [4.78, 5) is 18.0. The molecular weight excluding hydrogens is 254 g/mol. The summed E-state index contributed by atoms with van der Waals surface area (Å²) in [7, 11) is 0. The van der Waals surface area contributed by atoms with E-state index in [0.29, 0.717) is 19.5 Å². The predicted molar refractivity (Wildman–Crippen MR) is 77.3 cm³/mol. The zero-order chi connectivity index (χ0) is 14.8. The van der Waals surface area contributed by atoms with Crippen LogP contribution >= 0.6 is 0 Å². The molecule has 5 heteroatoms. The minimum atomic E-state index is -0.474. The minimum Gasteiger partial charge on any atom is -0.444 e. The molecule has 5 nitrogen and oxygen atoms in total. The molecule has 0 saturated carbocycles. The van der Waals surface area contributed by atoms with Crippen LogP contribution in [0.15, 0.2) is 24.4 Å². The van der Waals surface area contributed by atoms with E-state index < -0.39 is 11.1 Å². The van der Waals surface area contributed by atoms with Gasteiger partial charge in [-0.3, -0.25) is 4.98 Å². The number of hydrogen-bond acceptors (Lipinski definition) is 4. The fourth-order valence-electron chi connectivity index (χ4n) is 2.39. The second-order valence-electron chi connectivity index (χ2n) is 6.51. The molecule has 1 saturated heterocycles. The predicted octanol–water partition coefficient (Wildman–Crippen LogP) is 1.96. The van der Waals surface area contributed by atoms with Crippen molar-refractivity contribution in [2.75, 3.05) is 13.1 Å². The van der Waals surface area contributed by atoms with Crippen LogP contribution in [0.2, 0.25) is 0 Å². The SMILES string of the molecule is CC(C)(C)OC(=O)N1CCC(N)(Cc2ccccn2)C1. The Morgan fingerprint density at radius 1 is 1.50 bits per heavy atom. The molecule has 20 heavy (non-hydrogen) atoms. The Hall–Kier alpha value is -1.62. The Bertz CT molecular complexity index is 470. The highest BCUT2D eigenvalue weighted by atomic mass is 16.6. The number of ether oxygens (including phenoxy) is 1. The van der Waals surface area contributed by atoms with Gasteiger partial charge in [-0.2, -0.15) is 0 Å². The van der Waals surface area contributed by atoms with E-state index in [2.05, 4.69) is 4.98 Å². The van der Waals surface area contributed by atoms with Crippen LogP contribution in [0.4, 0.5) is 4.79 Å². The number of hydrogen-bond donors (Lipinski definition) is 1. The van der Waals surface area contributed by atoms with Crippen molar-refractivity contribution in [3.63, 3.8) is 0 Å². The van der Waals surface area contributed by atoms with Crippen molar-refractivity contribution in [1.29, 1.82) is 0 Å². The number of carbonyl (C=O) groups is 1. The fourth-order valence-corrected chi connectivity index (χ4v) is 2.39. The van der Waals surface area contributed by atoms with Crippen LogP contribution in [0.3, 0.4) is 0 Å². The summed E-state index contributed by atoms with van der Waals surface area (Å²) in [6.07, 6.45) is 2.92. The van der Waals surface area contributed by atoms with Crippen LogP contribution in [0.5, 0.6) is 0 Å². The van der Waals surface area contributed by atoms with Gasteiger partial charge in [-0.05, 0) is 39.3 Å². The Kier molecular flexibility index (Phi) is 3.99. The van der Waals surface area contributed by atoms with Gasteiger partial charge < -0.3 is 15.4 Å². The van der Waals surface area contributed by atoms with Gasteiger partial charge in [0.05, 0.1) is 0 Å². The normalized spacial score (nSPS) is 22.9. The number of nitrogens with two attached hydrogens (primary N) is 1. The topological polar surface area (TPSA) is 68.5 Å². The van der Waals surface area contributed by atoms with Crippen molar-refractivity contribution < 1.29 is 9.53 Å². The molecule has 1 fully saturated rings. The molecule has 0 aromatic carbocycles. The van der Waals surface area contributed by atoms with E-state index in [1.54, 1.807) is 11.1 Å². The van der Waals surface area contributed by atoms with Gasteiger partial charge in [0.25, 0.3) is 0 Å². The standard InChI is InChI=1S/C15H23N3O2/c1-14(2,3)20-13(19)18-9-7-15(16,11-18)10-12-6-4-5-8-17-12/h4-6,8H,7,9-11,16H2,1-3H3. The van der Waals surface area contributed by atoms with Gasteiger partial charge in [0.15, 0.2) is 0 Å². The Morgan fingerprint density at radius 3 is 2.85 bits per heavy atom. The first-order valence-corrected chi connectivity index (χ1v) is 6.94. The number of likely N-dealkylation sites (tertiary alicyclic amines) is 1. The summed E-state index contributed by atoms with van der Waals surface area (Å²) in [5.74, 6) is 0. The average molecular weight is 277 g/mol. The van der Waals surface area contributed by atoms with Gasteiger partial charge in [0, 0.05) is 36.9 Å². The van der Waals surface area contributed by atoms with Crippen molar-refractivity contribution >= 4 is 6.09 Å². The zero-order valence-corrected chi connectivity index (χ0v) is 12.4. The van der Waals surface area contributed by atoms with E-state index >= 15 is 0 Å². The minimum absolute atomic E-state index is 0.286. The van der Waals surface area contributed by atoms with E-state index in [-0.39, 0.29) is 6.09 Å². The second-order valence-corrected chi connectivity index (χ2v) is 6.51. The van der Waals surface area contributed by atoms with Crippen LogP contribution in [0, 0.1) is 0 Å². The van der Waals surface area contributed by atoms with Crippen LogP contribution in [-0.2, 0) is 11.2 Å². The lowest BCUT2D eigenvalue weighted by atomic mass is 9.93. The third kappa shape index (κ3) is 3.93. The highest BCUT2D eigenvalue weighted by Crippen LogP contribution is 2.24. The Balaban J connectivity index is 1.95. The lowest BCUT2D eigenvalue weighted by molar-refractivity contribution is 0.0284. The summed E-state index contributed by atoms with van der Waals surface area (Å²) in [5.41, 5.74) is 6.47. The van der Waals surface area contributed by atoms with Crippen LogP contribution in [0.25, 0.3) is 0 Å². The van der Waals surface area contributed by atoms with Crippen molar-refractivity contribution in [1.82, 2.24) is 9.88 Å². The molecule has 0 spiro atoms. The quantitative estimate of drug-likeness (QED) is 0.897. The van der Waals surface area contributed by atoms with Crippen molar-refractivity contribution in [2.45, 2.75) is 44.8 Å². The molecule has 1 aromatic rings. The van der Waals surface area contributed by atoms with Crippen LogP contribution < -0.4 is 5.73 Å². The lowest BCUT2D eigenvalue weighted by Crippen LogP contribution is -2.46. The van der Waals surface area contributed by atoms with Gasteiger partial charge in [0.2, 0.25) is 0 Å². The molecule has 1 atom stereocenters. The number of pyridine rings is 1. The molecule has 2 rings (SSSR count). The first-order valence-electron chi connectivity index (χ1n) is 6.94. The first-order chi connectivity index (χ1) is 9.27. The highest BCUT2D eigenvalue weighted by molar-refractivity contribution is 5.68. The van der Waals surface area contributed by atoms with Gasteiger partial charge >= 0.3 is 6.09 Å². The molecule has 110 valence electrons. The van der Waals surface area contributed by atoms with Gasteiger partial charge in [0.1, 0.15) is 5.60 Å². The van der Waals surface area contributed by atoms with Gasteiger partial charge in [-0.15, -0.1) is 0 Å². The highest BCUT2D eigenvalue weighted by Gasteiger charge is 2.38. The smallest absolute Gasteiger partial charge is 0.410 e. The summed E-state index contributed by atoms with van der Waals surface area (Å²) in [6.45, 7) is 6.75. The Morgan fingerprint density at radius 2 is 2.25 bits per heavy atom. The number of carbonyl (C=O) groups excluding carboxylic acids is 1. The number of aromatic nitrogens is 1. The number of rotatable bonds is 2. The Labute approximate surface area is 120 Å². The van der Waals surface area contributed by atoms with Crippen molar-refractivity contribution in [3.05, 3.63) is 30.1 Å². The van der Waals surface area contributed by atoms with E-state index in [9.17, 15) is 4.79 Å². The zero-order valence-electron chi connectivity index (χ0n) is 12.4. The summed E-state index contributed by atoms with van der Waals surface area (Å²) >= 11 is 0. The first kappa shape index (κ1) is 14.8. The summed E-state index contributed by atoms with van der Waals surface area (Å²) in [6, 6.07) is 5.80. The fraction of sp³-hybridized carbons (Fsp3) is 0.600. The van der Waals surface area contributed by atoms with Crippen molar-refractivity contribution in [3.8, 4) is 0 Å². The van der Waals surface area contributed by atoms with E-state index in [1.807, 2.05) is 39.0 Å². The molecule has 2 N–H and O–H groups in total. The molecular formula is C15H23N3O2. The monoisotopic (exact) mass is 277 g/mol. The van der Waals surface area contributed by atoms with E-state index in [0.717, 1.165) is 12.1 Å². The second kappa shape index (κ2) is 5.40. The number of nitrogens with zero attached hydrogens (tertiary/aromatic N) is 2. The molecule has 0 radical (unpaired) electrons. The maximum absolute atomic E-state index is 12.0. The van der Waals surface area contributed by atoms with Crippen molar-refractivity contribution in [2.24, 2.45) is 5.73 Å². The number of amides is 1. The molecule has 1 aromatic heterocycles. The molecule has 1 aliphatic heterocycles. The van der Waals surface area contributed by atoms with E-state index in [1.165, 1.54) is 0 Å². The maximum Gasteiger partial charge on any atom is 0.410 e. The molecule has 0 bridgehead atoms. The molecule has 2 heterocycles. The average Bonchev–Trinajstić information content (AvgIpc) is 2.71. The third-order valence-corrected chi connectivity index (χ3v) is 3.30. The van der Waals surface area contributed by atoms with Gasteiger partial charge in [-0.25, -0.2) is 4.79 Å². The van der Waals surface area contributed by atoms with Crippen LogP contribution in [-0.4, -0.2) is 40.2 Å². The summed E-state index contributed by atoms with van der Waals surface area (Å²) in [5, 5.41) is 0. The third-order valence-electron chi connectivity index (χ3n) is 3.30. The van der Waals surface area contributed by atoms with Crippen LogP contribution in [0.1, 0.15) is 32.9 Å². The summed E-state index contributed by atoms with van der Waals surface area (Å²) < 4.78 is 5.38. The maximum atomic E-state index is 12.0. The molecule has 1 amide bonds. The molecule has 1 aliphatic rings. The lowest BCUT2D eigenvalue weighted by Gasteiger charge is -2.27. The van der Waals surface area contributed by atoms with Gasteiger partial charge in [-0.1, -0.05) is 6.07 Å². The largest absolute Gasteiger partial charge is 0.444 e. The van der Waals surface area contributed by atoms with E-state index in [4.69, 9.17) is 10.5 Å². The molecule has 1 unspecified atom stereocenters. The molecule has 0 aliphatic carbocycles.